The van der Waals surface area contributed by atoms with E-state index >= 15 is 0 Å². The summed E-state index contributed by atoms with van der Waals surface area (Å²) in [6.45, 7) is 4.30. The Hall–Kier alpha value is -4.09. The molecule has 37 heavy (non-hydrogen) atoms. The second kappa shape index (κ2) is 11.3. The zero-order valence-corrected chi connectivity index (χ0v) is 20.7. The van der Waals surface area contributed by atoms with Crippen molar-refractivity contribution >= 4 is 34.7 Å². The number of rotatable bonds is 7. The molecule has 3 aromatic heterocycles. The second-order valence-electron chi connectivity index (χ2n) is 8.22. The van der Waals surface area contributed by atoms with Crippen molar-refractivity contribution in [1.29, 1.82) is 0 Å². The summed E-state index contributed by atoms with van der Waals surface area (Å²) >= 11 is 6.35. The van der Waals surface area contributed by atoms with Crippen LogP contribution < -0.4 is 10.2 Å². The number of ether oxygens (including phenoxy) is 1. The van der Waals surface area contributed by atoms with Gasteiger partial charge in [0.25, 0.3) is 5.95 Å². The van der Waals surface area contributed by atoms with Gasteiger partial charge in [-0.15, -0.1) is 5.11 Å². The van der Waals surface area contributed by atoms with E-state index < -0.39 is 5.82 Å². The molecule has 0 bridgehead atoms. The third-order valence-corrected chi connectivity index (χ3v) is 5.80. The lowest BCUT2D eigenvalue weighted by molar-refractivity contribution is 0.122. The number of azo groups is 1. The molecular formula is C25H23ClFN9O. The van der Waals surface area contributed by atoms with E-state index in [2.05, 4.69) is 40.5 Å². The molecule has 0 saturated carbocycles. The molecule has 0 aliphatic carbocycles. The molecule has 0 radical (unpaired) electrons. The van der Waals surface area contributed by atoms with Crippen molar-refractivity contribution in [3.8, 4) is 11.3 Å². The van der Waals surface area contributed by atoms with Crippen LogP contribution in [0.25, 0.3) is 11.3 Å². The van der Waals surface area contributed by atoms with Crippen molar-refractivity contribution in [1.82, 2.24) is 24.9 Å². The Bertz CT molecular complexity index is 1410. The monoisotopic (exact) mass is 519 g/mol. The number of anilines is 3. The lowest BCUT2D eigenvalue weighted by Gasteiger charge is -2.27. The van der Waals surface area contributed by atoms with Gasteiger partial charge in [0.05, 0.1) is 48.4 Å². The minimum atomic E-state index is -0.496. The first-order valence-corrected chi connectivity index (χ1v) is 12.0. The van der Waals surface area contributed by atoms with Gasteiger partial charge in [-0.3, -0.25) is 15.0 Å². The highest BCUT2D eigenvalue weighted by atomic mass is 35.5. The van der Waals surface area contributed by atoms with E-state index in [-0.39, 0.29) is 18.3 Å². The Morgan fingerprint density at radius 2 is 1.86 bits per heavy atom. The summed E-state index contributed by atoms with van der Waals surface area (Å²) in [7, 11) is 0. The molecular weight excluding hydrogens is 497 g/mol. The van der Waals surface area contributed by atoms with Gasteiger partial charge in [-0.05, 0) is 37.3 Å². The summed E-state index contributed by atoms with van der Waals surface area (Å²) in [5.41, 5.74) is 4.73. The normalized spacial score (nSPS) is 13.8. The first-order chi connectivity index (χ1) is 18.0. The number of nitrogens with one attached hydrogen (secondary N) is 1. The van der Waals surface area contributed by atoms with Crippen molar-refractivity contribution < 1.29 is 9.13 Å². The highest BCUT2D eigenvalue weighted by Gasteiger charge is 2.17. The number of halogens is 2. The zero-order valence-electron chi connectivity index (χ0n) is 20.0. The smallest absolute Gasteiger partial charge is 0.270 e. The highest BCUT2D eigenvalue weighted by molar-refractivity contribution is 6.31. The lowest BCUT2D eigenvalue weighted by atomic mass is 10.1. The molecule has 1 saturated heterocycles. The molecule has 4 heterocycles. The van der Waals surface area contributed by atoms with Gasteiger partial charge < -0.3 is 15.0 Å². The Morgan fingerprint density at radius 1 is 1.03 bits per heavy atom. The fourth-order valence-corrected chi connectivity index (χ4v) is 4.05. The molecule has 188 valence electrons. The van der Waals surface area contributed by atoms with Gasteiger partial charge in [0.15, 0.2) is 11.6 Å². The number of aryl methyl sites for hydroxylation is 1. The molecule has 0 spiro atoms. The van der Waals surface area contributed by atoms with Gasteiger partial charge in [-0.1, -0.05) is 11.6 Å². The van der Waals surface area contributed by atoms with Crippen LogP contribution in [-0.2, 0) is 11.3 Å². The molecule has 1 aliphatic heterocycles. The number of morpholine rings is 1. The van der Waals surface area contributed by atoms with E-state index in [0.29, 0.717) is 37.0 Å². The predicted octanol–water partition coefficient (Wildman–Crippen LogP) is 5.29. The number of aromatic nitrogens is 5. The zero-order chi connectivity index (χ0) is 25.6. The minimum absolute atomic E-state index is 0.0938. The number of hydrogen-bond acceptors (Lipinski definition) is 10. The molecule has 1 fully saturated rings. The van der Waals surface area contributed by atoms with Crippen LogP contribution in [0.5, 0.6) is 0 Å². The van der Waals surface area contributed by atoms with Crippen molar-refractivity contribution in [2.24, 2.45) is 10.2 Å². The first-order valence-electron chi connectivity index (χ1n) is 11.6. The van der Waals surface area contributed by atoms with Crippen molar-refractivity contribution in [3.63, 3.8) is 0 Å². The van der Waals surface area contributed by atoms with Crippen LogP contribution in [0, 0.1) is 12.7 Å². The van der Waals surface area contributed by atoms with Crippen molar-refractivity contribution in [2.75, 3.05) is 36.5 Å². The summed E-state index contributed by atoms with van der Waals surface area (Å²) in [5.74, 6) is -0.194. The molecule has 0 unspecified atom stereocenters. The molecule has 1 aliphatic rings. The minimum Gasteiger partial charge on any atom is -0.378 e. The third kappa shape index (κ3) is 6.19. The molecule has 1 N–H and O–H groups in total. The lowest BCUT2D eigenvalue weighted by Crippen LogP contribution is -2.37. The maximum atomic E-state index is 14.2. The van der Waals surface area contributed by atoms with Gasteiger partial charge in [-0.25, -0.2) is 9.37 Å². The number of pyridine rings is 1. The maximum absolute atomic E-state index is 14.2. The summed E-state index contributed by atoms with van der Waals surface area (Å²) in [6, 6.07) is 9.36. The van der Waals surface area contributed by atoms with E-state index in [0.717, 1.165) is 34.5 Å². The molecule has 12 heteroatoms. The Balaban J connectivity index is 1.23. The largest absolute Gasteiger partial charge is 0.378 e. The van der Waals surface area contributed by atoms with E-state index in [9.17, 15) is 4.39 Å². The molecule has 0 amide bonds. The summed E-state index contributed by atoms with van der Waals surface area (Å²) in [5, 5.41) is 12.1. The number of nitrogens with zero attached hydrogens (tertiary/aromatic N) is 8. The summed E-state index contributed by atoms with van der Waals surface area (Å²) in [4.78, 5) is 23.1. The molecule has 10 nitrogen and oxygen atoms in total. The first kappa shape index (κ1) is 24.6. The molecule has 4 aromatic rings. The van der Waals surface area contributed by atoms with Gasteiger partial charge in [0.1, 0.15) is 6.54 Å². The standard InChI is InChI=1S/C25H23ClFN9O/c1-16-23(29-5-4-28-16)17-10-18(26)12-21(11-17)33-20-3-2-19(30-13-20)14-32-35-25-31-15-22(27)24(34-25)36-6-8-37-9-7-36/h2-5,10-13,15,33H,6-9,14H2,1H3. The SMILES string of the molecule is Cc1nccnc1-c1cc(Cl)cc(Nc2ccc(CN=Nc3ncc(F)c(N4CCOCC4)n3)nc2)c1. The van der Waals surface area contributed by atoms with Gasteiger partial charge >= 0.3 is 0 Å². The van der Waals surface area contributed by atoms with E-state index in [1.807, 2.05) is 42.2 Å². The van der Waals surface area contributed by atoms with Crippen LogP contribution >= 0.6 is 11.6 Å². The Labute approximate surface area is 217 Å². The Kier molecular flexibility index (Phi) is 7.52. The van der Waals surface area contributed by atoms with Crippen LogP contribution in [0.3, 0.4) is 0 Å². The summed E-state index contributed by atoms with van der Waals surface area (Å²) < 4.78 is 19.5. The van der Waals surface area contributed by atoms with E-state index in [1.54, 1.807) is 18.6 Å². The summed E-state index contributed by atoms with van der Waals surface area (Å²) in [6.07, 6.45) is 6.12. The van der Waals surface area contributed by atoms with Crippen LogP contribution in [-0.4, -0.2) is 51.2 Å². The number of benzene rings is 1. The molecule has 1 aromatic carbocycles. The average molecular weight is 520 g/mol. The van der Waals surface area contributed by atoms with Crippen molar-refractivity contribution in [3.05, 3.63) is 77.3 Å². The Morgan fingerprint density at radius 3 is 2.65 bits per heavy atom. The third-order valence-electron chi connectivity index (χ3n) is 5.58. The number of hydrogen-bond donors (Lipinski definition) is 1. The van der Waals surface area contributed by atoms with Crippen LogP contribution in [0.15, 0.2) is 65.3 Å². The molecule has 0 atom stereocenters. The van der Waals surface area contributed by atoms with E-state index in [4.69, 9.17) is 16.3 Å². The highest BCUT2D eigenvalue weighted by Crippen LogP contribution is 2.29. The quantitative estimate of drug-likeness (QED) is 0.327. The van der Waals surface area contributed by atoms with Crippen LogP contribution in [0.1, 0.15) is 11.4 Å². The molecule has 5 rings (SSSR count). The predicted molar refractivity (Wildman–Crippen MR) is 138 cm³/mol. The maximum Gasteiger partial charge on any atom is 0.270 e. The van der Waals surface area contributed by atoms with Gasteiger partial charge in [-0.2, -0.15) is 10.1 Å². The average Bonchev–Trinajstić information content (AvgIpc) is 2.91. The topological polar surface area (TPSA) is 114 Å². The van der Waals surface area contributed by atoms with Gasteiger partial charge in [0.2, 0.25) is 0 Å². The fraction of sp³-hybridized carbons (Fsp3) is 0.240. The van der Waals surface area contributed by atoms with Crippen LogP contribution in [0.4, 0.5) is 27.5 Å². The van der Waals surface area contributed by atoms with Crippen LogP contribution in [0.2, 0.25) is 5.02 Å². The van der Waals surface area contributed by atoms with Gasteiger partial charge in [0, 0.05) is 41.8 Å². The van der Waals surface area contributed by atoms with Crippen molar-refractivity contribution in [2.45, 2.75) is 13.5 Å². The second-order valence-corrected chi connectivity index (χ2v) is 8.66. The fourth-order valence-electron chi connectivity index (χ4n) is 3.81. The van der Waals surface area contributed by atoms with E-state index in [1.165, 1.54) is 0 Å².